The summed E-state index contributed by atoms with van der Waals surface area (Å²) in [6, 6.07) is 0. The standard InChI is InChI=1S/C14H26N4S/c1-5-12-17-13(15-6-2)11(3)14(18-12)16-9-7-8-10-19-4/h5-10H2,1-4H3,(H2,15,16,17,18). The molecule has 0 bridgehead atoms. The van der Waals surface area contributed by atoms with Crippen LogP contribution in [0.2, 0.25) is 0 Å². The van der Waals surface area contributed by atoms with Gasteiger partial charge in [0.05, 0.1) is 0 Å². The molecule has 0 spiro atoms. The smallest absolute Gasteiger partial charge is 0.134 e. The van der Waals surface area contributed by atoms with Crippen LogP contribution in [0, 0.1) is 6.92 Å². The van der Waals surface area contributed by atoms with Gasteiger partial charge < -0.3 is 10.6 Å². The normalized spacial score (nSPS) is 10.5. The molecule has 4 nitrogen and oxygen atoms in total. The van der Waals surface area contributed by atoms with Gasteiger partial charge in [0.2, 0.25) is 0 Å². The summed E-state index contributed by atoms with van der Waals surface area (Å²) in [4.78, 5) is 9.12. The van der Waals surface area contributed by atoms with Gasteiger partial charge in [0.25, 0.3) is 0 Å². The molecular weight excluding hydrogens is 256 g/mol. The second-order valence-corrected chi connectivity index (χ2v) is 5.46. The van der Waals surface area contributed by atoms with Crippen LogP contribution >= 0.6 is 11.8 Å². The fourth-order valence-corrected chi connectivity index (χ4v) is 2.30. The summed E-state index contributed by atoms with van der Waals surface area (Å²) in [5, 5.41) is 6.75. The third-order valence-electron chi connectivity index (χ3n) is 2.92. The molecule has 0 aromatic carbocycles. The van der Waals surface area contributed by atoms with E-state index in [0.717, 1.165) is 42.5 Å². The molecule has 0 saturated heterocycles. The van der Waals surface area contributed by atoms with Crippen molar-refractivity contribution in [3.63, 3.8) is 0 Å². The molecule has 1 aromatic heterocycles. The number of hydrogen-bond acceptors (Lipinski definition) is 5. The van der Waals surface area contributed by atoms with Gasteiger partial charge >= 0.3 is 0 Å². The molecule has 0 aliphatic carbocycles. The first-order chi connectivity index (χ1) is 9.22. The molecular formula is C14H26N4S. The summed E-state index contributed by atoms with van der Waals surface area (Å²) in [5.74, 6) is 4.06. The largest absolute Gasteiger partial charge is 0.370 e. The average molecular weight is 282 g/mol. The van der Waals surface area contributed by atoms with Crippen LogP contribution in [0.3, 0.4) is 0 Å². The topological polar surface area (TPSA) is 49.8 Å². The van der Waals surface area contributed by atoms with Gasteiger partial charge in [0, 0.05) is 25.1 Å². The highest BCUT2D eigenvalue weighted by molar-refractivity contribution is 7.98. The van der Waals surface area contributed by atoms with Crippen LogP contribution in [0.15, 0.2) is 0 Å². The van der Waals surface area contributed by atoms with Gasteiger partial charge in [0.15, 0.2) is 0 Å². The van der Waals surface area contributed by atoms with Crippen molar-refractivity contribution in [3.05, 3.63) is 11.4 Å². The highest BCUT2D eigenvalue weighted by atomic mass is 32.2. The van der Waals surface area contributed by atoms with Crippen LogP contribution in [0.5, 0.6) is 0 Å². The number of aromatic nitrogens is 2. The Labute approximate surface area is 121 Å². The van der Waals surface area contributed by atoms with E-state index in [9.17, 15) is 0 Å². The van der Waals surface area contributed by atoms with E-state index in [4.69, 9.17) is 0 Å². The lowest BCUT2D eigenvalue weighted by molar-refractivity contribution is 0.832. The zero-order valence-corrected chi connectivity index (χ0v) is 13.4. The van der Waals surface area contributed by atoms with Gasteiger partial charge in [0.1, 0.15) is 17.5 Å². The monoisotopic (exact) mass is 282 g/mol. The minimum absolute atomic E-state index is 0.861. The van der Waals surface area contributed by atoms with Crippen molar-refractivity contribution in [1.82, 2.24) is 9.97 Å². The zero-order valence-electron chi connectivity index (χ0n) is 12.5. The lowest BCUT2D eigenvalue weighted by Crippen LogP contribution is -2.11. The quantitative estimate of drug-likeness (QED) is 0.680. The van der Waals surface area contributed by atoms with E-state index in [1.165, 1.54) is 18.6 Å². The summed E-state index contributed by atoms with van der Waals surface area (Å²) >= 11 is 1.90. The van der Waals surface area contributed by atoms with Crippen molar-refractivity contribution in [2.24, 2.45) is 0 Å². The molecule has 0 saturated carbocycles. The Kier molecular flexibility index (Phi) is 7.63. The van der Waals surface area contributed by atoms with Crippen LogP contribution in [0.1, 0.15) is 38.1 Å². The molecule has 2 N–H and O–H groups in total. The van der Waals surface area contributed by atoms with Crippen LogP contribution in [-0.2, 0) is 6.42 Å². The Morgan fingerprint density at radius 3 is 2.32 bits per heavy atom. The van der Waals surface area contributed by atoms with Crippen molar-refractivity contribution in [1.29, 1.82) is 0 Å². The first kappa shape index (κ1) is 16.1. The molecule has 5 heteroatoms. The van der Waals surface area contributed by atoms with Gasteiger partial charge in [-0.2, -0.15) is 11.8 Å². The minimum Gasteiger partial charge on any atom is -0.370 e. The number of hydrogen-bond donors (Lipinski definition) is 2. The molecule has 0 radical (unpaired) electrons. The fraction of sp³-hybridized carbons (Fsp3) is 0.714. The lowest BCUT2D eigenvalue weighted by atomic mass is 10.2. The van der Waals surface area contributed by atoms with Crippen LogP contribution < -0.4 is 10.6 Å². The van der Waals surface area contributed by atoms with E-state index in [1.807, 2.05) is 11.8 Å². The number of thioether (sulfide) groups is 1. The van der Waals surface area contributed by atoms with Crippen molar-refractivity contribution < 1.29 is 0 Å². The van der Waals surface area contributed by atoms with Gasteiger partial charge in [-0.3, -0.25) is 0 Å². The zero-order chi connectivity index (χ0) is 14.1. The molecule has 0 fully saturated rings. The Balaban J connectivity index is 2.67. The molecule has 0 amide bonds. The number of nitrogens with one attached hydrogen (secondary N) is 2. The van der Waals surface area contributed by atoms with E-state index in [-0.39, 0.29) is 0 Å². The average Bonchev–Trinajstić information content (AvgIpc) is 2.42. The Hall–Kier alpha value is -0.970. The first-order valence-electron chi connectivity index (χ1n) is 7.07. The third-order valence-corrected chi connectivity index (χ3v) is 3.62. The predicted octanol–water partition coefficient (Wildman–Crippen LogP) is 3.33. The SMILES string of the molecule is CCNc1nc(CC)nc(NCCCCSC)c1C. The Bertz CT molecular complexity index is 382. The first-order valence-corrected chi connectivity index (χ1v) is 8.46. The van der Waals surface area contributed by atoms with E-state index in [0.29, 0.717) is 0 Å². The summed E-state index contributed by atoms with van der Waals surface area (Å²) in [6.45, 7) is 8.11. The maximum atomic E-state index is 4.58. The van der Waals surface area contributed by atoms with Gasteiger partial charge in [-0.15, -0.1) is 0 Å². The van der Waals surface area contributed by atoms with Gasteiger partial charge in [-0.1, -0.05) is 6.92 Å². The number of anilines is 2. The van der Waals surface area contributed by atoms with Crippen molar-refractivity contribution >= 4 is 23.4 Å². The highest BCUT2D eigenvalue weighted by Gasteiger charge is 2.09. The predicted molar refractivity (Wildman–Crippen MR) is 86.4 cm³/mol. The van der Waals surface area contributed by atoms with Crippen molar-refractivity contribution in [3.8, 4) is 0 Å². The molecule has 0 atom stereocenters. The maximum Gasteiger partial charge on any atom is 0.134 e. The van der Waals surface area contributed by atoms with E-state index in [2.05, 4.69) is 47.6 Å². The van der Waals surface area contributed by atoms with E-state index < -0.39 is 0 Å². The summed E-state index contributed by atoms with van der Waals surface area (Å²) < 4.78 is 0. The molecule has 1 rings (SSSR count). The maximum absolute atomic E-state index is 4.58. The van der Waals surface area contributed by atoms with Crippen LogP contribution in [-0.4, -0.2) is 35.1 Å². The van der Waals surface area contributed by atoms with Crippen LogP contribution in [0.25, 0.3) is 0 Å². The second kappa shape index (κ2) is 9.02. The minimum atomic E-state index is 0.861. The van der Waals surface area contributed by atoms with Crippen molar-refractivity contribution in [2.75, 3.05) is 35.7 Å². The highest BCUT2D eigenvalue weighted by Crippen LogP contribution is 2.20. The van der Waals surface area contributed by atoms with Gasteiger partial charge in [-0.05, 0) is 38.7 Å². The number of aryl methyl sites for hydroxylation is 1. The summed E-state index contributed by atoms with van der Waals surface area (Å²) in [7, 11) is 0. The molecule has 0 aliphatic rings. The second-order valence-electron chi connectivity index (χ2n) is 4.47. The molecule has 108 valence electrons. The molecule has 19 heavy (non-hydrogen) atoms. The third kappa shape index (κ3) is 5.27. The van der Waals surface area contributed by atoms with E-state index in [1.54, 1.807) is 0 Å². The number of rotatable bonds is 9. The Morgan fingerprint density at radius 1 is 1.05 bits per heavy atom. The summed E-state index contributed by atoms with van der Waals surface area (Å²) in [6.07, 6.45) is 5.44. The fourth-order valence-electron chi connectivity index (χ4n) is 1.81. The van der Waals surface area contributed by atoms with Gasteiger partial charge in [-0.25, -0.2) is 9.97 Å². The molecule has 0 unspecified atom stereocenters. The molecule has 1 heterocycles. The van der Waals surface area contributed by atoms with Crippen LogP contribution in [0.4, 0.5) is 11.6 Å². The number of unbranched alkanes of at least 4 members (excludes halogenated alkanes) is 1. The molecule has 0 aliphatic heterocycles. The van der Waals surface area contributed by atoms with Crippen molar-refractivity contribution in [2.45, 2.75) is 40.0 Å². The van der Waals surface area contributed by atoms with E-state index >= 15 is 0 Å². The molecule has 1 aromatic rings. The Morgan fingerprint density at radius 2 is 1.74 bits per heavy atom. The number of nitrogens with zero attached hydrogens (tertiary/aromatic N) is 2. The summed E-state index contributed by atoms with van der Waals surface area (Å²) in [5.41, 5.74) is 1.11. The lowest BCUT2D eigenvalue weighted by Gasteiger charge is -2.14.